The molecule has 0 bridgehead atoms. The Morgan fingerprint density at radius 3 is 2.63 bits per heavy atom. The second-order valence-electron chi connectivity index (χ2n) is 6.56. The summed E-state index contributed by atoms with van der Waals surface area (Å²) in [5.41, 5.74) is 3.36. The maximum atomic E-state index is 3.82. The molecule has 1 aliphatic carbocycles. The lowest BCUT2D eigenvalue weighted by atomic mass is 9.77. The predicted molar refractivity (Wildman–Crippen MR) is 83.5 cm³/mol. The zero-order chi connectivity index (χ0) is 13.7. The van der Waals surface area contributed by atoms with Crippen molar-refractivity contribution in [2.24, 2.45) is 5.41 Å². The van der Waals surface area contributed by atoms with Gasteiger partial charge in [0.05, 0.1) is 0 Å². The second-order valence-corrected chi connectivity index (χ2v) is 6.56. The molecule has 1 aromatic carbocycles. The first-order valence-corrected chi connectivity index (χ1v) is 7.93. The summed E-state index contributed by atoms with van der Waals surface area (Å²) >= 11 is 0. The van der Waals surface area contributed by atoms with Gasteiger partial charge in [-0.3, -0.25) is 0 Å². The van der Waals surface area contributed by atoms with Gasteiger partial charge in [0, 0.05) is 6.04 Å². The van der Waals surface area contributed by atoms with Gasteiger partial charge >= 0.3 is 0 Å². The number of nitrogens with one attached hydrogen (secondary N) is 1. The fraction of sp³-hybridized carbons (Fsp3) is 0.667. The van der Waals surface area contributed by atoms with Crippen LogP contribution in [-0.4, -0.2) is 12.6 Å². The second kappa shape index (κ2) is 6.56. The number of rotatable bonds is 6. The molecule has 1 heteroatoms. The Kier molecular flexibility index (Phi) is 5.04. The van der Waals surface area contributed by atoms with E-state index in [1.807, 2.05) is 0 Å². The fourth-order valence-electron chi connectivity index (χ4n) is 3.49. The first kappa shape index (κ1) is 14.6. The maximum absolute atomic E-state index is 3.82. The normalized spacial score (nSPS) is 19.5. The highest BCUT2D eigenvalue weighted by Crippen LogP contribution is 2.41. The zero-order valence-electron chi connectivity index (χ0n) is 12.8. The third-order valence-electron chi connectivity index (χ3n) is 4.75. The van der Waals surface area contributed by atoms with Crippen LogP contribution in [0.4, 0.5) is 0 Å². The van der Waals surface area contributed by atoms with Gasteiger partial charge in [-0.2, -0.15) is 0 Å². The van der Waals surface area contributed by atoms with Crippen LogP contribution in [0.1, 0.15) is 57.1 Å². The highest BCUT2D eigenvalue weighted by Gasteiger charge is 2.36. The molecule has 106 valence electrons. The number of hydrogen-bond donors (Lipinski definition) is 1. The molecular formula is C18H29N. The molecule has 1 aliphatic rings. The van der Waals surface area contributed by atoms with E-state index < -0.39 is 0 Å². The molecule has 1 atom stereocenters. The van der Waals surface area contributed by atoms with Crippen molar-refractivity contribution in [3.8, 4) is 0 Å². The van der Waals surface area contributed by atoms with E-state index in [0.717, 1.165) is 6.54 Å². The highest BCUT2D eigenvalue weighted by molar-refractivity contribution is 5.23. The summed E-state index contributed by atoms with van der Waals surface area (Å²) in [4.78, 5) is 0. The minimum Gasteiger partial charge on any atom is -0.313 e. The van der Waals surface area contributed by atoms with Crippen molar-refractivity contribution in [3.63, 3.8) is 0 Å². The Bertz CT molecular complexity index is 390. The molecule has 1 unspecified atom stereocenters. The van der Waals surface area contributed by atoms with Crippen LogP contribution in [0.25, 0.3) is 0 Å². The standard InChI is InChI=1S/C18H29N/c1-4-12-19-17(18(3)10-5-6-11-18)14-16-9-7-8-15(2)13-16/h7-9,13,17,19H,4-6,10-12,14H2,1-3H3. The van der Waals surface area contributed by atoms with Gasteiger partial charge in [0.25, 0.3) is 0 Å². The highest BCUT2D eigenvalue weighted by atomic mass is 14.9. The molecule has 0 aromatic heterocycles. The van der Waals surface area contributed by atoms with Gasteiger partial charge in [-0.25, -0.2) is 0 Å². The topological polar surface area (TPSA) is 12.0 Å². The number of aryl methyl sites for hydroxylation is 1. The Morgan fingerprint density at radius 2 is 2.00 bits per heavy atom. The predicted octanol–water partition coefficient (Wildman–Crippen LogP) is 4.49. The van der Waals surface area contributed by atoms with Gasteiger partial charge in [0.15, 0.2) is 0 Å². The first-order valence-electron chi connectivity index (χ1n) is 7.93. The average Bonchev–Trinajstić information content (AvgIpc) is 2.82. The minimum absolute atomic E-state index is 0.499. The smallest absolute Gasteiger partial charge is 0.0161 e. The van der Waals surface area contributed by atoms with E-state index in [-0.39, 0.29) is 0 Å². The molecule has 1 nitrogen and oxygen atoms in total. The molecule has 1 saturated carbocycles. The van der Waals surface area contributed by atoms with Crippen LogP contribution in [0, 0.1) is 12.3 Å². The van der Waals surface area contributed by atoms with Crippen LogP contribution in [0.2, 0.25) is 0 Å². The summed E-state index contributed by atoms with van der Waals surface area (Å²) in [7, 11) is 0. The third kappa shape index (κ3) is 3.82. The number of benzene rings is 1. The molecule has 0 aliphatic heterocycles. The minimum atomic E-state index is 0.499. The lowest BCUT2D eigenvalue weighted by Gasteiger charge is -2.35. The van der Waals surface area contributed by atoms with E-state index in [4.69, 9.17) is 0 Å². The Hall–Kier alpha value is -0.820. The molecule has 1 N–H and O–H groups in total. The van der Waals surface area contributed by atoms with Crippen molar-refractivity contribution >= 4 is 0 Å². The SMILES string of the molecule is CCCNC(Cc1cccc(C)c1)C1(C)CCCC1. The summed E-state index contributed by atoms with van der Waals surface area (Å²) in [6, 6.07) is 9.65. The maximum Gasteiger partial charge on any atom is 0.0161 e. The van der Waals surface area contributed by atoms with Crippen molar-refractivity contribution in [2.75, 3.05) is 6.54 Å². The summed E-state index contributed by atoms with van der Waals surface area (Å²) in [5, 5.41) is 3.82. The van der Waals surface area contributed by atoms with Crippen molar-refractivity contribution in [1.82, 2.24) is 5.32 Å². The van der Waals surface area contributed by atoms with E-state index in [9.17, 15) is 0 Å². The van der Waals surface area contributed by atoms with Gasteiger partial charge in [-0.1, -0.05) is 56.5 Å². The molecular weight excluding hydrogens is 230 g/mol. The van der Waals surface area contributed by atoms with Crippen LogP contribution in [0.5, 0.6) is 0 Å². The van der Waals surface area contributed by atoms with E-state index in [2.05, 4.69) is 50.4 Å². The Labute approximate surface area is 118 Å². The van der Waals surface area contributed by atoms with Gasteiger partial charge < -0.3 is 5.32 Å². The average molecular weight is 259 g/mol. The van der Waals surface area contributed by atoms with Crippen LogP contribution in [0.15, 0.2) is 24.3 Å². The molecule has 0 heterocycles. The van der Waals surface area contributed by atoms with Gasteiger partial charge in [-0.05, 0) is 50.1 Å². The molecule has 0 amide bonds. The third-order valence-corrected chi connectivity index (χ3v) is 4.75. The lowest BCUT2D eigenvalue weighted by molar-refractivity contribution is 0.219. The number of hydrogen-bond acceptors (Lipinski definition) is 1. The molecule has 0 saturated heterocycles. The van der Waals surface area contributed by atoms with E-state index in [0.29, 0.717) is 11.5 Å². The molecule has 1 fully saturated rings. The molecule has 0 spiro atoms. The zero-order valence-corrected chi connectivity index (χ0v) is 12.8. The van der Waals surface area contributed by atoms with Gasteiger partial charge in [-0.15, -0.1) is 0 Å². The summed E-state index contributed by atoms with van der Waals surface area (Å²) in [5.74, 6) is 0. The van der Waals surface area contributed by atoms with Crippen LogP contribution in [-0.2, 0) is 6.42 Å². The fourth-order valence-corrected chi connectivity index (χ4v) is 3.49. The van der Waals surface area contributed by atoms with Crippen molar-refractivity contribution in [1.29, 1.82) is 0 Å². The largest absolute Gasteiger partial charge is 0.313 e. The van der Waals surface area contributed by atoms with Crippen LogP contribution < -0.4 is 5.32 Å². The van der Waals surface area contributed by atoms with E-state index >= 15 is 0 Å². The summed E-state index contributed by atoms with van der Waals surface area (Å²) in [6.07, 6.45) is 8.00. The van der Waals surface area contributed by atoms with E-state index in [1.54, 1.807) is 0 Å². The van der Waals surface area contributed by atoms with Crippen molar-refractivity contribution in [3.05, 3.63) is 35.4 Å². The quantitative estimate of drug-likeness (QED) is 0.794. The first-order chi connectivity index (χ1) is 9.14. The Balaban J connectivity index is 2.09. The van der Waals surface area contributed by atoms with Gasteiger partial charge in [0.2, 0.25) is 0 Å². The monoisotopic (exact) mass is 259 g/mol. The molecule has 19 heavy (non-hydrogen) atoms. The molecule has 1 aromatic rings. The molecule has 0 radical (unpaired) electrons. The summed E-state index contributed by atoms with van der Waals surface area (Å²) in [6.45, 7) is 8.08. The van der Waals surface area contributed by atoms with E-state index in [1.165, 1.54) is 49.7 Å². The van der Waals surface area contributed by atoms with Crippen molar-refractivity contribution in [2.45, 2.75) is 65.3 Å². The lowest BCUT2D eigenvalue weighted by Crippen LogP contribution is -2.44. The van der Waals surface area contributed by atoms with Crippen molar-refractivity contribution < 1.29 is 0 Å². The Morgan fingerprint density at radius 1 is 1.26 bits per heavy atom. The summed E-state index contributed by atoms with van der Waals surface area (Å²) < 4.78 is 0. The van der Waals surface area contributed by atoms with Crippen LogP contribution >= 0.6 is 0 Å². The van der Waals surface area contributed by atoms with Gasteiger partial charge in [0.1, 0.15) is 0 Å². The van der Waals surface area contributed by atoms with Crippen LogP contribution in [0.3, 0.4) is 0 Å². The molecule has 2 rings (SSSR count).